The van der Waals surface area contributed by atoms with Crippen LogP contribution in [0.15, 0.2) is 18.6 Å². The summed E-state index contributed by atoms with van der Waals surface area (Å²) in [6, 6.07) is 1.97. The van der Waals surface area contributed by atoms with Crippen LogP contribution in [0.5, 0.6) is 0 Å². The number of imidazole rings is 1. The lowest BCUT2D eigenvalue weighted by molar-refractivity contribution is 0.715. The van der Waals surface area contributed by atoms with E-state index in [1.165, 1.54) is 0 Å². The van der Waals surface area contributed by atoms with Gasteiger partial charge in [0, 0.05) is 13.2 Å². The van der Waals surface area contributed by atoms with Crippen LogP contribution < -0.4 is 5.73 Å². The van der Waals surface area contributed by atoms with Crippen LogP contribution in [0.3, 0.4) is 0 Å². The van der Waals surface area contributed by atoms with Gasteiger partial charge in [0.05, 0.1) is 23.1 Å². The van der Waals surface area contributed by atoms with Crippen LogP contribution in [-0.4, -0.2) is 14.5 Å². The fourth-order valence-corrected chi connectivity index (χ4v) is 1.80. The molecule has 4 heteroatoms. The number of hydrogen-bond acceptors (Lipinski definition) is 3. The van der Waals surface area contributed by atoms with Gasteiger partial charge < -0.3 is 10.3 Å². The van der Waals surface area contributed by atoms with Crippen molar-refractivity contribution in [2.24, 2.45) is 12.8 Å². The summed E-state index contributed by atoms with van der Waals surface area (Å²) in [6.07, 6.45) is 5.67. The molecular formula is C10H12N4. The van der Waals surface area contributed by atoms with Gasteiger partial charge >= 0.3 is 0 Å². The number of pyridine rings is 1. The first kappa shape index (κ1) is 7.94. The summed E-state index contributed by atoms with van der Waals surface area (Å²) in [4.78, 5) is 8.70. The molecule has 0 saturated heterocycles. The van der Waals surface area contributed by atoms with Gasteiger partial charge in [0.2, 0.25) is 0 Å². The molecule has 2 N–H and O–H groups in total. The molecule has 0 aliphatic heterocycles. The maximum absolute atomic E-state index is 6.13. The molecule has 0 bridgehead atoms. The molecule has 1 aliphatic rings. The van der Waals surface area contributed by atoms with Crippen molar-refractivity contribution in [2.45, 2.75) is 18.4 Å². The van der Waals surface area contributed by atoms with E-state index in [1.54, 1.807) is 0 Å². The molecule has 0 amide bonds. The average Bonchev–Trinajstić information content (AvgIpc) is 2.83. The smallest absolute Gasteiger partial charge is 0.112 e. The highest BCUT2D eigenvalue weighted by atomic mass is 15.0. The summed E-state index contributed by atoms with van der Waals surface area (Å²) in [6.45, 7) is 0. The quantitative estimate of drug-likeness (QED) is 0.723. The summed E-state index contributed by atoms with van der Waals surface area (Å²) in [7, 11) is 1.98. The summed E-state index contributed by atoms with van der Waals surface area (Å²) < 4.78 is 1.99. The van der Waals surface area contributed by atoms with E-state index in [4.69, 9.17) is 5.73 Å². The highest BCUT2D eigenvalue weighted by molar-refractivity contribution is 5.78. The first-order chi connectivity index (χ1) is 6.71. The Bertz CT molecular complexity index is 496. The molecule has 72 valence electrons. The lowest BCUT2D eigenvalue weighted by atomic mass is 10.1. The lowest BCUT2D eigenvalue weighted by Crippen LogP contribution is -2.20. The van der Waals surface area contributed by atoms with Crippen LogP contribution in [0.2, 0.25) is 0 Å². The molecule has 2 aromatic rings. The van der Waals surface area contributed by atoms with E-state index in [0.29, 0.717) is 0 Å². The summed E-state index contributed by atoms with van der Waals surface area (Å²) in [5, 5.41) is 0. The number of aromatic nitrogens is 3. The standard InChI is InChI=1S/C10H12N4/c1-14-6-13-8-7(14)2-5-12-9(8)10(11)3-4-10/h2,5-6H,3-4,11H2,1H3. The van der Waals surface area contributed by atoms with Crippen LogP contribution in [0, 0.1) is 0 Å². The molecule has 1 aliphatic carbocycles. The van der Waals surface area contributed by atoms with E-state index in [9.17, 15) is 0 Å². The average molecular weight is 188 g/mol. The molecular weight excluding hydrogens is 176 g/mol. The van der Waals surface area contributed by atoms with E-state index in [1.807, 2.05) is 30.2 Å². The van der Waals surface area contributed by atoms with E-state index >= 15 is 0 Å². The van der Waals surface area contributed by atoms with Crippen LogP contribution in [0.1, 0.15) is 18.5 Å². The van der Waals surface area contributed by atoms with Crippen molar-refractivity contribution in [1.29, 1.82) is 0 Å². The Hall–Kier alpha value is -1.42. The van der Waals surface area contributed by atoms with Gasteiger partial charge in [-0.25, -0.2) is 4.98 Å². The molecule has 1 fully saturated rings. The second kappa shape index (κ2) is 2.33. The number of hydrogen-bond donors (Lipinski definition) is 1. The van der Waals surface area contributed by atoms with Crippen molar-refractivity contribution in [2.75, 3.05) is 0 Å². The van der Waals surface area contributed by atoms with E-state index < -0.39 is 0 Å². The van der Waals surface area contributed by atoms with E-state index in [-0.39, 0.29) is 5.54 Å². The zero-order valence-corrected chi connectivity index (χ0v) is 8.07. The molecule has 2 aromatic heterocycles. The second-order valence-electron chi connectivity index (χ2n) is 4.04. The Morgan fingerprint density at radius 2 is 2.21 bits per heavy atom. The molecule has 2 heterocycles. The van der Waals surface area contributed by atoms with E-state index in [0.717, 1.165) is 29.6 Å². The monoisotopic (exact) mass is 188 g/mol. The zero-order chi connectivity index (χ0) is 9.76. The maximum atomic E-state index is 6.13. The predicted molar refractivity (Wildman–Crippen MR) is 53.6 cm³/mol. The van der Waals surface area contributed by atoms with Crippen molar-refractivity contribution in [3.8, 4) is 0 Å². The SMILES string of the molecule is Cn1cnc2c(C3(N)CC3)nccc21. The van der Waals surface area contributed by atoms with Crippen molar-refractivity contribution in [3.05, 3.63) is 24.3 Å². The minimum atomic E-state index is -0.201. The number of nitrogens with two attached hydrogens (primary N) is 1. The van der Waals surface area contributed by atoms with Gasteiger partial charge in [0.1, 0.15) is 5.52 Å². The van der Waals surface area contributed by atoms with Gasteiger partial charge in [-0.3, -0.25) is 4.98 Å². The van der Waals surface area contributed by atoms with Gasteiger partial charge in [-0.15, -0.1) is 0 Å². The Morgan fingerprint density at radius 1 is 1.43 bits per heavy atom. The maximum Gasteiger partial charge on any atom is 0.112 e. The highest BCUT2D eigenvalue weighted by Crippen LogP contribution is 2.43. The molecule has 3 rings (SSSR count). The van der Waals surface area contributed by atoms with Gasteiger partial charge in [-0.2, -0.15) is 0 Å². The highest BCUT2D eigenvalue weighted by Gasteiger charge is 2.43. The second-order valence-corrected chi connectivity index (χ2v) is 4.04. The minimum Gasteiger partial charge on any atom is -0.334 e. The number of nitrogens with zero attached hydrogens (tertiary/aromatic N) is 3. The Balaban J connectivity index is 2.34. The van der Waals surface area contributed by atoms with Crippen molar-refractivity contribution in [3.63, 3.8) is 0 Å². The molecule has 1 saturated carbocycles. The summed E-state index contributed by atoms with van der Waals surface area (Å²) in [5.74, 6) is 0. The minimum absolute atomic E-state index is 0.201. The lowest BCUT2D eigenvalue weighted by Gasteiger charge is -2.07. The third-order valence-electron chi connectivity index (χ3n) is 2.90. The Morgan fingerprint density at radius 3 is 2.93 bits per heavy atom. The van der Waals surface area contributed by atoms with Crippen LogP contribution in [-0.2, 0) is 12.6 Å². The van der Waals surface area contributed by atoms with Crippen molar-refractivity contribution < 1.29 is 0 Å². The van der Waals surface area contributed by atoms with Crippen molar-refractivity contribution in [1.82, 2.24) is 14.5 Å². The Labute approximate surface area is 81.8 Å². The molecule has 0 radical (unpaired) electrons. The van der Waals surface area contributed by atoms with Gasteiger partial charge in [0.25, 0.3) is 0 Å². The molecule has 14 heavy (non-hydrogen) atoms. The Kier molecular flexibility index (Phi) is 1.32. The van der Waals surface area contributed by atoms with Crippen LogP contribution in [0.4, 0.5) is 0 Å². The fraction of sp³-hybridized carbons (Fsp3) is 0.400. The van der Waals surface area contributed by atoms with Gasteiger partial charge in [-0.1, -0.05) is 0 Å². The molecule has 0 spiro atoms. The molecule has 0 unspecified atom stereocenters. The molecule has 0 atom stereocenters. The first-order valence-corrected chi connectivity index (χ1v) is 4.76. The third kappa shape index (κ3) is 0.915. The first-order valence-electron chi connectivity index (χ1n) is 4.76. The number of fused-ring (bicyclic) bond motifs is 1. The molecule has 0 aromatic carbocycles. The predicted octanol–water partition coefficient (Wildman–Crippen LogP) is 0.916. The largest absolute Gasteiger partial charge is 0.334 e. The number of aryl methyl sites for hydroxylation is 1. The third-order valence-corrected chi connectivity index (χ3v) is 2.90. The topological polar surface area (TPSA) is 56.7 Å². The zero-order valence-electron chi connectivity index (χ0n) is 8.07. The summed E-state index contributed by atoms with van der Waals surface area (Å²) >= 11 is 0. The van der Waals surface area contributed by atoms with Crippen LogP contribution in [0.25, 0.3) is 11.0 Å². The van der Waals surface area contributed by atoms with Gasteiger partial charge in [-0.05, 0) is 18.9 Å². The van der Waals surface area contributed by atoms with Crippen LogP contribution >= 0.6 is 0 Å². The fourth-order valence-electron chi connectivity index (χ4n) is 1.80. The summed E-state index contributed by atoms with van der Waals surface area (Å²) in [5.41, 5.74) is 8.94. The van der Waals surface area contributed by atoms with Crippen molar-refractivity contribution >= 4 is 11.0 Å². The normalized spacial score (nSPS) is 18.7. The number of rotatable bonds is 1. The van der Waals surface area contributed by atoms with Gasteiger partial charge in [0.15, 0.2) is 0 Å². The molecule has 4 nitrogen and oxygen atoms in total. The van der Waals surface area contributed by atoms with E-state index in [2.05, 4.69) is 9.97 Å².